The molecule has 1 rings (SSSR count). The molecular weight excluding hydrogens is 156 g/mol. The van der Waals surface area contributed by atoms with Crippen LogP contribution in [0.2, 0.25) is 0 Å². The van der Waals surface area contributed by atoms with Crippen molar-refractivity contribution < 1.29 is 14.9 Å². The summed E-state index contributed by atoms with van der Waals surface area (Å²) in [5.41, 5.74) is 0. The van der Waals surface area contributed by atoms with Gasteiger partial charge in [0.15, 0.2) is 0 Å². The van der Waals surface area contributed by atoms with Crippen LogP contribution < -0.4 is 0 Å². The highest BCUT2D eigenvalue weighted by Crippen LogP contribution is 2.24. The van der Waals surface area contributed by atoms with E-state index in [2.05, 4.69) is 0 Å². The molecule has 1 unspecified atom stereocenters. The summed E-state index contributed by atoms with van der Waals surface area (Å²) >= 11 is 5.69. The molecule has 0 aromatic carbocycles. The minimum Gasteiger partial charge on any atom is -0.394 e. The molecule has 2 N–H and O–H groups in total. The van der Waals surface area contributed by atoms with Crippen LogP contribution in [-0.4, -0.2) is 40.5 Å². The Labute approximate surface area is 64.6 Å². The highest BCUT2D eigenvalue weighted by Gasteiger charge is 2.39. The van der Waals surface area contributed by atoms with Crippen molar-refractivity contribution in [3.8, 4) is 0 Å². The average Bonchev–Trinajstić information content (AvgIpc) is 2.17. The zero-order valence-electron chi connectivity index (χ0n) is 5.70. The maximum absolute atomic E-state index is 9.20. The van der Waals surface area contributed by atoms with Crippen molar-refractivity contribution in [1.29, 1.82) is 0 Å². The number of aliphatic hydroxyl groups is 2. The summed E-state index contributed by atoms with van der Waals surface area (Å²) in [4.78, 5) is 0. The van der Waals surface area contributed by atoms with Crippen molar-refractivity contribution in [3.63, 3.8) is 0 Å². The number of ether oxygens (including phenoxy) is 1. The van der Waals surface area contributed by atoms with Crippen molar-refractivity contribution in [2.24, 2.45) is 0 Å². The fourth-order valence-corrected chi connectivity index (χ4v) is 1.40. The van der Waals surface area contributed by atoms with Crippen LogP contribution in [0.3, 0.4) is 0 Å². The van der Waals surface area contributed by atoms with Gasteiger partial charge in [-0.05, 0) is 6.92 Å². The van der Waals surface area contributed by atoms with Crippen LogP contribution in [-0.2, 0) is 4.74 Å². The zero-order valence-corrected chi connectivity index (χ0v) is 6.45. The number of aliphatic hydroxyl groups excluding tert-OH is 2. The van der Waals surface area contributed by atoms with Gasteiger partial charge in [-0.2, -0.15) is 0 Å². The van der Waals surface area contributed by atoms with Crippen molar-refractivity contribution >= 4 is 11.6 Å². The molecule has 0 amide bonds. The highest BCUT2D eigenvalue weighted by molar-refractivity contribution is 6.21. The SMILES string of the molecule is C[C@@H]1OC(CO)[C@@H](Cl)[C@@H]1O. The summed E-state index contributed by atoms with van der Waals surface area (Å²) in [6.45, 7) is 1.60. The summed E-state index contributed by atoms with van der Waals surface area (Å²) < 4.78 is 5.10. The summed E-state index contributed by atoms with van der Waals surface area (Å²) in [5, 5.41) is 17.4. The Morgan fingerprint density at radius 2 is 2.20 bits per heavy atom. The summed E-state index contributed by atoms with van der Waals surface area (Å²) in [6.07, 6.45) is -1.33. The lowest BCUT2D eigenvalue weighted by Gasteiger charge is -2.08. The van der Waals surface area contributed by atoms with Gasteiger partial charge in [-0.15, -0.1) is 11.6 Å². The first-order chi connectivity index (χ1) is 4.66. The third-order valence-electron chi connectivity index (χ3n) is 1.73. The topological polar surface area (TPSA) is 49.7 Å². The standard InChI is InChI=1S/C6H11ClO3/c1-3-6(9)5(7)4(2-8)10-3/h3-6,8-9H,2H2,1H3/t3-,4?,5+,6+/m0/s1. The molecule has 0 aliphatic carbocycles. The van der Waals surface area contributed by atoms with Gasteiger partial charge in [0.25, 0.3) is 0 Å². The minimum absolute atomic E-state index is 0.129. The first-order valence-electron chi connectivity index (χ1n) is 3.25. The Balaban J connectivity index is 2.53. The van der Waals surface area contributed by atoms with E-state index in [1.807, 2.05) is 0 Å². The van der Waals surface area contributed by atoms with Crippen LogP contribution in [0.25, 0.3) is 0 Å². The second-order valence-corrected chi connectivity index (χ2v) is 3.00. The zero-order chi connectivity index (χ0) is 7.72. The van der Waals surface area contributed by atoms with Crippen molar-refractivity contribution in [2.45, 2.75) is 30.6 Å². The molecule has 1 aliphatic heterocycles. The van der Waals surface area contributed by atoms with Crippen LogP contribution >= 0.6 is 11.6 Å². The van der Waals surface area contributed by atoms with Gasteiger partial charge in [-0.25, -0.2) is 0 Å². The third-order valence-corrected chi connectivity index (χ3v) is 2.27. The van der Waals surface area contributed by atoms with Gasteiger partial charge in [0, 0.05) is 0 Å². The van der Waals surface area contributed by atoms with Crippen molar-refractivity contribution in [3.05, 3.63) is 0 Å². The number of alkyl halides is 1. The Morgan fingerprint density at radius 3 is 2.40 bits per heavy atom. The summed E-state index contributed by atoms with van der Waals surface area (Å²) in [7, 11) is 0. The van der Waals surface area contributed by atoms with E-state index in [0.29, 0.717) is 0 Å². The highest BCUT2D eigenvalue weighted by atomic mass is 35.5. The quantitative estimate of drug-likeness (QED) is 0.528. The summed E-state index contributed by atoms with van der Waals surface area (Å²) in [5.74, 6) is 0. The third kappa shape index (κ3) is 1.27. The molecule has 0 aromatic rings. The first kappa shape index (κ1) is 8.27. The van der Waals surface area contributed by atoms with E-state index in [9.17, 15) is 5.11 Å². The van der Waals surface area contributed by atoms with Gasteiger partial charge in [0.2, 0.25) is 0 Å². The van der Waals surface area contributed by atoms with Gasteiger partial charge >= 0.3 is 0 Å². The normalized spacial score (nSPS) is 48.0. The van der Waals surface area contributed by atoms with E-state index in [0.717, 1.165) is 0 Å². The van der Waals surface area contributed by atoms with E-state index >= 15 is 0 Å². The average molecular weight is 167 g/mol. The Hall–Kier alpha value is 0.170. The van der Waals surface area contributed by atoms with Gasteiger partial charge in [-0.3, -0.25) is 0 Å². The molecule has 0 spiro atoms. The molecule has 1 aliphatic rings. The van der Waals surface area contributed by atoms with Crippen molar-refractivity contribution in [1.82, 2.24) is 0 Å². The second kappa shape index (κ2) is 3.05. The van der Waals surface area contributed by atoms with Crippen LogP contribution in [0.1, 0.15) is 6.92 Å². The lowest BCUT2D eigenvalue weighted by atomic mass is 10.1. The maximum Gasteiger partial charge on any atom is 0.1000 e. The second-order valence-electron chi connectivity index (χ2n) is 2.50. The fourth-order valence-electron chi connectivity index (χ4n) is 1.05. The van der Waals surface area contributed by atoms with E-state index in [1.54, 1.807) is 6.92 Å². The molecule has 10 heavy (non-hydrogen) atoms. The van der Waals surface area contributed by atoms with Crippen LogP contribution in [0.15, 0.2) is 0 Å². The van der Waals surface area contributed by atoms with E-state index in [4.69, 9.17) is 21.4 Å². The van der Waals surface area contributed by atoms with E-state index < -0.39 is 17.6 Å². The number of rotatable bonds is 1. The van der Waals surface area contributed by atoms with Gasteiger partial charge in [0.1, 0.15) is 0 Å². The predicted octanol–water partition coefficient (Wildman–Crippen LogP) is -0.266. The largest absolute Gasteiger partial charge is 0.394 e. The predicted molar refractivity (Wildman–Crippen MR) is 37.1 cm³/mol. The van der Waals surface area contributed by atoms with Crippen molar-refractivity contribution in [2.75, 3.05) is 6.61 Å². The van der Waals surface area contributed by atoms with Gasteiger partial charge in [-0.1, -0.05) is 0 Å². The Morgan fingerprint density at radius 1 is 1.60 bits per heavy atom. The van der Waals surface area contributed by atoms with Gasteiger partial charge in [0.05, 0.1) is 30.3 Å². The van der Waals surface area contributed by atoms with E-state index in [-0.39, 0.29) is 12.7 Å². The van der Waals surface area contributed by atoms with Gasteiger partial charge < -0.3 is 14.9 Å². The number of hydrogen-bond donors (Lipinski definition) is 2. The molecule has 4 heteroatoms. The first-order valence-corrected chi connectivity index (χ1v) is 3.69. The Bertz CT molecular complexity index is 120. The van der Waals surface area contributed by atoms with E-state index in [1.165, 1.54) is 0 Å². The maximum atomic E-state index is 9.20. The minimum atomic E-state index is -0.654. The number of hydrogen-bond acceptors (Lipinski definition) is 3. The molecule has 1 saturated heterocycles. The molecule has 0 bridgehead atoms. The molecule has 60 valence electrons. The number of halogens is 1. The molecular formula is C6H11ClO3. The molecule has 3 nitrogen and oxygen atoms in total. The lowest BCUT2D eigenvalue weighted by molar-refractivity contribution is 0.000758. The lowest BCUT2D eigenvalue weighted by Crippen LogP contribution is -2.28. The molecule has 0 radical (unpaired) electrons. The van der Waals surface area contributed by atoms with Crippen LogP contribution in [0, 0.1) is 0 Å². The monoisotopic (exact) mass is 166 g/mol. The Kier molecular flexibility index (Phi) is 2.52. The molecule has 1 fully saturated rings. The smallest absolute Gasteiger partial charge is 0.1000 e. The molecule has 0 saturated carbocycles. The van der Waals surface area contributed by atoms with Crippen LogP contribution in [0.4, 0.5) is 0 Å². The molecule has 1 heterocycles. The molecule has 4 atom stereocenters. The molecule has 0 aromatic heterocycles. The fraction of sp³-hybridized carbons (Fsp3) is 1.00. The summed E-state index contributed by atoms with van der Waals surface area (Å²) in [6, 6.07) is 0. The van der Waals surface area contributed by atoms with Crippen LogP contribution in [0.5, 0.6) is 0 Å².